The second-order valence-electron chi connectivity index (χ2n) is 3.87. The summed E-state index contributed by atoms with van der Waals surface area (Å²) in [5.41, 5.74) is 0.565. The molecule has 20 heavy (non-hydrogen) atoms. The zero-order valence-electron chi connectivity index (χ0n) is 10.3. The third-order valence-electron chi connectivity index (χ3n) is 2.35. The largest absolute Gasteiger partial charge is 0.265 e. The zero-order valence-corrected chi connectivity index (χ0v) is 11.9. The smallest absolute Gasteiger partial charge is 0.247 e. The molecular weight excluding hydrogens is 300 g/mol. The Hall–Kier alpha value is -2.17. The van der Waals surface area contributed by atoms with Crippen molar-refractivity contribution in [1.82, 2.24) is 9.97 Å². The van der Waals surface area contributed by atoms with Crippen molar-refractivity contribution < 1.29 is 8.42 Å². The van der Waals surface area contributed by atoms with Gasteiger partial charge in [-0.15, -0.1) is 0 Å². The molecule has 102 valence electrons. The van der Waals surface area contributed by atoms with Crippen molar-refractivity contribution in [3.8, 4) is 6.07 Å². The molecule has 0 saturated carbocycles. The van der Waals surface area contributed by atoms with Gasteiger partial charge in [-0.05, 0) is 25.1 Å². The molecule has 0 fully saturated rings. The fourth-order valence-corrected chi connectivity index (χ4v) is 2.88. The van der Waals surface area contributed by atoms with Crippen LogP contribution in [0.1, 0.15) is 11.3 Å². The predicted molar refractivity (Wildman–Crippen MR) is 73.7 cm³/mol. The van der Waals surface area contributed by atoms with Crippen LogP contribution < -0.4 is 4.72 Å². The molecule has 0 spiro atoms. The Labute approximate surface area is 121 Å². The van der Waals surface area contributed by atoms with E-state index in [2.05, 4.69) is 14.7 Å². The third-order valence-corrected chi connectivity index (χ3v) is 3.93. The van der Waals surface area contributed by atoms with Crippen LogP contribution in [0.25, 0.3) is 0 Å². The molecule has 2 rings (SSSR count). The first-order valence-corrected chi connectivity index (χ1v) is 7.31. The molecule has 1 aromatic carbocycles. The molecule has 0 radical (unpaired) electrons. The normalized spacial score (nSPS) is 10.8. The van der Waals surface area contributed by atoms with Gasteiger partial charge in [0.05, 0.1) is 5.56 Å². The molecule has 0 unspecified atom stereocenters. The Kier molecular flexibility index (Phi) is 3.88. The van der Waals surface area contributed by atoms with Crippen LogP contribution in [0, 0.1) is 18.3 Å². The standard InChI is InChI=1S/C12H9ClN4O2S/c1-8-6-11(13)16-12(15-8)17-20(18,19)10-5-3-2-4-9(10)7-14/h2-6H,1H3,(H,15,16,17). The summed E-state index contributed by atoms with van der Waals surface area (Å²) < 4.78 is 26.6. The number of sulfonamides is 1. The fraction of sp³-hybridized carbons (Fsp3) is 0.0833. The summed E-state index contributed by atoms with van der Waals surface area (Å²) >= 11 is 5.75. The lowest BCUT2D eigenvalue weighted by atomic mass is 10.2. The summed E-state index contributed by atoms with van der Waals surface area (Å²) in [7, 11) is -3.95. The number of halogens is 1. The molecule has 1 aromatic heterocycles. The maximum absolute atomic E-state index is 12.2. The maximum Gasteiger partial charge on any atom is 0.265 e. The predicted octanol–water partition coefficient (Wildman–Crippen LogP) is 2.11. The number of hydrogen-bond donors (Lipinski definition) is 1. The van der Waals surface area contributed by atoms with Crippen molar-refractivity contribution in [2.24, 2.45) is 0 Å². The highest BCUT2D eigenvalue weighted by Gasteiger charge is 2.19. The van der Waals surface area contributed by atoms with Crippen LogP contribution in [0.2, 0.25) is 5.15 Å². The number of nitriles is 1. The van der Waals surface area contributed by atoms with Gasteiger partial charge in [0.1, 0.15) is 16.1 Å². The lowest BCUT2D eigenvalue weighted by Gasteiger charge is -2.08. The van der Waals surface area contributed by atoms with Gasteiger partial charge in [0, 0.05) is 5.69 Å². The number of benzene rings is 1. The molecule has 1 heterocycles. The van der Waals surface area contributed by atoms with Gasteiger partial charge in [0.15, 0.2) is 0 Å². The highest BCUT2D eigenvalue weighted by atomic mass is 35.5. The van der Waals surface area contributed by atoms with E-state index in [1.807, 2.05) is 6.07 Å². The molecule has 1 N–H and O–H groups in total. The summed E-state index contributed by atoms with van der Waals surface area (Å²) in [6, 6.07) is 9.18. The number of nitrogens with one attached hydrogen (secondary N) is 1. The second-order valence-corrected chi connectivity index (χ2v) is 5.91. The van der Waals surface area contributed by atoms with Crippen LogP contribution in [0.4, 0.5) is 5.95 Å². The van der Waals surface area contributed by atoms with Gasteiger partial charge in [0.25, 0.3) is 10.0 Å². The van der Waals surface area contributed by atoms with E-state index in [-0.39, 0.29) is 21.6 Å². The highest BCUT2D eigenvalue weighted by Crippen LogP contribution is 2.18. The van der Waals surface area contributed by atoms with E-state index < -0.39 is 10.0 Å². The molecule has 0 amide bonds. The van der Waals surface area contributed by atoms with Crippen molar-refractivity contribution in [3.05, 3.63) is 46.7 Å². The Morgan fingerprint density at radius 3 is 2.65 bits per heavy atom. The van der Waals surface area contributed by atoms with E-state index in [9.17, 15) is 8.42 Å². The molecule has 0 atom stereocenters. The number of hydrogen-bond acceptors (Lipinski definition) is 5. The van der Waals surface area contributed by atoms with Gasteiger partial charge < -0.3 is 0 Å². The van der Waals surface area contributed by atoms with Gasteiger partial charge in [-0.1, -0.05) is 23.7 Å². The minimum absolute atomic E-state index is 0.0405. The van der Waals surface area contributed by atoms with E-state index in [1.165, 1.54) is 24.3 Å². The Balaban J connectivity index is 2.44. The zero-order chi connectivity index (χ0) is 14.8. The number of aryl methyl sites for hydroxylation is 1. The molecule has 0 aliphatic rings. The summed E-state index contributed by atoms with van der Waals surface area (Å²) in [4.78, 5) is 7.58. The summed E-state index contributed by atoms with van der Waals surface area (Å²) in [5, 5.41) is 9.07. The number of nitrogens with zero attached hydrogens (tertiary/aromatic N) is 3. The number of aromatic nitrogens is 2. The van der Waals surface area contributed by atoms with Gasteiger partial charge in [0.2, 0.25) is 5.95 Å². The highest BCUT2D eigenvalue weighted by molar-refractivity contribution is 7.92. The first-order chi connectivity index (χ1) is 9.42. The minimum atomic E-state index is -3.95. The van der Waals surface area contributed by atoms with Crippen molar-refractivity contribution >= 4 is 27.6 Å². The first-order valence-electron chi connectivity index (χ1n) is 5.45. The van der Waals surface area contributed by atoms with E-state index in [4.69, 9.17) is 16.9 Å². The average Bonchev–Trinajstić information content (AvgIpc) is 2.36. The van der Waals surface area contributed by atoms with Crippen molar-refractivity contribution in [2.45, 2.75) is 11.8 Å². The van der Waals surface area contributed by atoms with E-state index in [1.54, 1.807) is 13.0 Å². The summed E-state index contributed by atoms with van der Waals surface area (Å²) in [6.45, 7) is 1.66. The van der Waals surface area contributed by atoms with Crippen molar-refractivity contribution in [2.75, 3.05) is 4.72 Å². The van der Waals surface area contributed by atoms with Gasteiger partial charge in [-0.3, -0.25) is 0 Å². The van der Waals surface area contributed by atoms with Crippen LogP contribution in [-0.2, 0) is 10.0 Å². The van der Waals surface area contributed by atoms with Crippen LogP contribution in [0.15, 0.2) is 35.2 Å². The molecular formula is C12H9ClN4O2S. The lowest BCUT2D eigenvalue weighted by Crippen LogP contribution is -2.16. The molecule has 2 aromatic rings. The fourth-order valence-electron chi connectivity index (χ4n) is 1.54. The van der Waals surface area contributed by atoms with Gasteiger partial charge in [-0.25, -0.2) is 23.1 Å². The molecule has 0 bridgehead atoms. The van der Waals surface area contributed by atoms with Crippen LogP contribution >= 0.6 is 11.6 Å². The SMILES string of the molecule is Cc1cc(Cl)nc(NS(=O)(=O)c2ccccc2C#N)n1. The topological polar surface area (TPSA) is 95.7 Å². The van der Waals surface area contributed by atoms with Gasteiger partial charge >= 0.3 is 0 Å². The van der Waals surface area contributed by atoms with Crippen LogP contribution in [0.3, 0.4) is 0 Å². The minimum Gasteiger partial charge on any atom is -0.247 e. The summed E-state index contributed by atoms with van der Waals surface area (Å²) in [5.74, 6) is -0.136. The maximum atomic E-state index is 12.2. The number of anilines is 1. The molecule has 0 aliphatic carbocycles. The number of rotatable bonds is 3. The van der Waals surface area contributed by atoms with E-state index >= 15 is 0 Å². The molecule has 6 nitrogen and oxygen atoms in total. The van der Waals surface area contributed by atoms with E-state index in [0.29, 0.717) is 5.69 Å². The van der Waals surface area contributed by atoms with E-state index in [0.717, 1.165) is 0 Å². The Bertz CT molecular complexity index is 779. The average molecular weight is 309 g/mol. The monoisotopic (exact) mass is 308 g/mol. The Morgan fingerprint density at radius 1 is 1.30 bits per heavy atom. The second kappa shape index (κ2) is 5.45. The lowest BCUT2D eigenvalue weighted by molar-refractivity contribution is 0.600. The van der Waals surface area contributed by atoms with Gasteiger partial charge in [-0.2, -0.15) is 5.26 Å². The molecule has 0 saturated heterocycles. The molecule has 0 aliphatic heterocycles. The molecule has 8 heteroatoms. The van der Waals surface area contributed by atoms with Crippen LogP contribution in [-0.4, -0.2) is 18.4 Å². The van der Waals surface area contributed by atoms with Crippen molar-refractivity contribution in [1.29, 1.82) is 5.26 Å². The quantitative estimate of drug-likeness (QED) is 0.876. The first kappa shape index (κ1) is 14.2. The summed E-state index contributed by atoms with van der Waals surface area (Å²) in [6.07, 6.45) is 0. The van der Waals surface area contributed by atoms with Crippen molar-refractivity contribution in [3.63, 3.8) is 0 Å². The van der Waals surface area contributed by atoms with Crippen LogP contribution in [0.5, 0.6) is 0 Å². The Morgan fingerprint density at radius 2 is 2.00 bits per heavy atom. The third kappa shape index (κ3) is 3.04.